The van der Waals surface area contributed by atoms with Crippen LogP contribution in [0.4, 0.5) is 5.82 Å². The molecular formula is C16H29N3O. The number of ether oxygens (including phenoxy) is 1. The van der Waals surface area contributed by atoms with Crippen LogP contribution >= 0.6 is 0 Å². The summed E-state index contributed by atoms with van der Waals surface area (Å²) in [5.41, 5.74) is 8.07. The molecule has 1 aromatic rings. The summed E-state index contributed by atoms with van der Waals surface area (Å²) in [6, 6.07) is 3.93. The van der Waals surface area contributed by atoms with Crippen LogP contribution in [0.1, 0.15) is 47.1 Å². The second-order valence-corrected chi connectivity index (χ2v) is 3.96. The molecule has 0 saturated carbocycles. The van der Waals surface area contributed by atoms with Gasteiger partial charge in [0.25, 0.3) is 0 Å². The fourth-order valence-corrected chi connectivity index (χ4v) is 1.79. The van der Waals surface area contributed by atoms with Crippen LogP contribution in [0.5, 0.6) is 0 Å². The van der Waals surface area contributed by atoms with Gasteiger partial charge in [-0.1, -0.05) is 33.8 Å². The van der Waals surface area contributed by atoms with Crippen molar-refractivity contribution in [1.29, 1.82) is 0 Å². The average Bonchev–Trinajstić information content (AvgIpc) is 2.50. The number of nitrogens with two attached hydrogens (primary N) is 1. The van der Waals surface area contributed by atoms with Gasteiger partial charge in [-0.25, -0.2) is 4.98 Å². The molecule has 114 valence electrons. The molecule has 2 rings (SSSR count). The fraction of sp³-hybridized carbons (Fsp3) is 0.562. The molecule has 1 aliphatic heterocycles. The van der Waals surface area contributed by atoms with Gasteiger partial charge in [-0.05, 0) is 19.9 Å². The Hall–Kier alpha value is -1.71. The Balaban J connectivity index is 0.000000829. The highest BCUT2D eigenvalue weighted by Gasteiger charge is 2.16. The van der Waals surface area contributed by atoms with Crippen LogP contribution in [-0.2, 0) is 11.3 Å². The van der Waals surface area contributed by atoms with Gasteiger partial charge in [0.1, 0.15) is 18.2 Å². The Bertz CT molecular complexity index is 416. The number of hydrogen-bond acceptors (Lipinski definition) is 4. The van der Waals surface area contributed by atoms with Gasteiger partial charge in [0.15, 0.2) is 0 Å². The highest BCUT2D eigenvalue weighted by molar-refractivity contribution is 5.38. The minimum Gasteiger partial charge on any atom is -0.495 e. The third-order valence-corrected chi connectivity index (χ3v) is 2.95. The summed E-state index contributed by atoms with van der Waals surface area (Å²) in [5.74, 6) is 1.60. The summed E-state index contributed by atoms with van der Waals surface area (Å²) in [6.07, 6.45) is 1.71. The van der Waals surface area contributed by atoms with Crippen LogP contribution in [0.2, 0.25) is 0 Å². The zero-order valence-electron chi connectivity index (χ0n) is 13.7. The van der Waals surface area contributed by atoms with E-state index in [0.29, 0.717) is 5.82 Å². The molecule has 1 aliphatic rings. The van der Waals surface area contributed by atoms with Crippen molar-refractivity contribution in [2.45, 2.75) is 48.1 Å². The summed E-state index contributed by atoms with van der Waals surface area (Å²) in [5, 5.41) is 0. The Morgan fingerprint density at radius 2 is 1.90 bits per heavy atom. The van der Waals surface area contributed by atoms with Crippen molar-refractivity contribution >= 4 is 5.82 Å². The van der Waals surface area contributed by atoms with Gasteiger partial charge in [-0.2, -0.15) is 0 Å². The minimum absolute atomic E-state index is 0.611. The number of nitrogen functional groups attached to an aromatic ring is 1. The SMILES string of the molecule is CC.CC.CC1=C(C)N(Cc2cccnc2N)CCO1. The monoisotopic (exact) mass is 279 g/mol. The minimum atomic E-state index is 0.611. The number of anilines is 1. The van der Waals surface area contributed by atoms with Crippen LogP contribution in [-0.4, -0.2) is 23.0 Å². The van der Waals surface area contributed by atoms with E-state index in [1.54, 1.807) is 6.20 Å². The van der Waals surface area contributed by atoms with Crippen molar-refractivity contribution in [2.75, 3.05) is 18.9 Å². The normalized spacial score (nSPS) is 13.6. The topological polar surface area (TPSA) is 51.4 Å². The Labute approximate surface area is 123 Å². The quantitative estimate of drug-likeness (QED) is 0.894. The van der Waals surface area contributed by atoms with Gasteiger partial charge in [0, 0.05) is 24.0 Å². The van der Waals surface area contributed by atoms with Crippen LogP contribution < -0.4 is 5.73 Å². The molecule has 0 saturated heterocycles. The lowest BCUT2D eigenvalue weighted by Gasteiger charge is -2.31. The molecule has 1 aromatic heterocycles. The molecule has 0 radical (unpaired) electrons. The fourth-order valence-electron chi connectivity index (χ4n) is 1.79. The van der Waals surface area contributed by atoms with E-state index in [-0.39, 0.29) is 0 Å². The van der Waals surface area contributed by atoms with Gasteiger partial charge in [0.2, 0.25) is 0 Å². The van der Waals surface area contributed by atoms with Crippen LogP contribution in [0.15, 0.2) is 29.8 Å². The molecule has 0 aromatic carbocycles. The predicted molar refractivity (Wildman–Crippen MR) is 86.1 cm³/mol. The summed E-state index contributed by atoms with van der Waals surface area (Å²) < 4.78 is 5.48. The molecule has 0 amide bonds. The highest BCUT2D eigenvalue weighted by Crippen LogP contribution is 2.20. The van der Waals surface area contributed by atoms with Crippen molar-refractivity contribution in [2.24, 2.45) is 0 Å². The summed E-state index contributed by atoms with van der Waals surface area (Å²) >= 11 is 0. The van der Waals surface area contributed by atoms with E-state index in [9.17, 15) is 0 Å². The number of nitrogens with zero attached hydrogens (tertiary/aromatic N) is 2. The summed E-state index contributed by atoms with van der Waals surface area (Å²) in [4.78, 5) is 6.36. The molecule has 0 fully saturated rings. The third-order valence-electron chi connectivity index (χ3n) is 2.95. The Morgan fingerprint density at radius 3 is 2.50 bits per heavy atom. The molecule has 0 bridgehead atoms. The number of allylic oxidation sites excluding steroid dienone is 2. The second kappa shape index (κ2) is 10.1. The number of rotatable bonds is 2. The van der Waals surface area contributed by atoms with E-state index >= 15 is 0 Å². The summed E-state index contributed by atoms with van der Waals surface area (Å²) in [7, 11) is 0. The van der Waals surface area contributed by atoms with E-state index < -0.39 is 0 Å². The van der Waals surface area contributed by atoms with E-state index in [1.165, 1.54) is 5.70 Å². The standard InChI is InChI=1S/C12H17N3O.2C2H6/c1-9-10(2)16-7-6-15(9)8-11-4-3-5-14-12(11)13;2*1-2/h3-5H,6-8H2,1-2H3,(H2,13,14);2*1-2H3. The van der Waals surface area contributed by atoms with Gasteiger partial charge >= 0.3 is 0 Å². The van der Waals surface area contributed by atoms with Crippen molar-refractivity contribution in [3.63, 3.8) is 0 Å². The molecule has 0 unspecified atom stereocenters. The number of pyridine rings is 1. The molecule has 4 nitrogen and oxygen atoms in total. The number of hydrogen-bond donors (Lipinski definition) is 1. The third kappa shape index (κ3) is 5.11. The molecule has 4 heteroatoms. The zero-order chi connectivity index (χ0) is 15.5. The first-order valence-electron chi connectivity index (χ1n) is 7.43. The number of aromatic nitrogens is 1. The van der Waals surface area contributed by atoms with E-state index in [1.807, 2.05) is 46.8 Å². The lowest BCUT2D eigenvalue weighted by Crippen LogP contribution is -2.30. The van der Waals surface area contributed by atoms with Crippen molar-refractivity contribution < 1.29 is 4.74 Å². The first kappa shape index (κ1) is 18.3. The smallest absolute Gasteiger partial charge is 0.128 e. The Kier molecular flexibility index (Phi) is 9.26. The van der Waals surface area contributed by atoms with E-state index in [4.69, 9.17) is 10.5 Å². The molecule has 2 heterocycles. The first-order valence-corrected chi connectivity index (χ1v) is 7.43. The largest absolute Gasteiger partial charge is 0.495 e. The predicted octanol–water partition coefficient (Wildman–Crippen LogP) is 3.80. The van der Waals surface area contributed by atoms with Gasteiger partial charge in [0.05, 0.1) is 6.54 Å². The van der Waals surface area contributed by atoms with Crippen molar-refractivity contribution in [3.05, 3.63) is 35.3 Å². The molecular weight excluding hydrogens is 250 g/mol. The van der Waals surface area contributed by atoms with Crippen molar-refractivity contribution in [3.8, 4) is 0 Å². The lowest BCUT2D eigenvalue weighted by atomic mass is 10.2. The van der Waals surface area contributed by atoms with Crippen LogP contribution in [0, 0.1) is 0 Å². The molecule has 2 N–H and O–H groups in total. The maximum Gasteiger partial charge on any atom is 0.128 e. The van der Waals surface area contributed by atoms with Crippen LogP contribution in [0.25, 0.3) is 0 Å². The molecule has 0 atom stereocenters. The maximum atomic E-state index is 5.83. The first-order chi connectivity index (χ1) is 9.68. The summed E-state index contributed by atoms with van der Waals surface area (Å²) in [6.45, 7) is 14.5. The molecule has 0 spiro atoms. The molecule has 0 aliphatic carbocycles. The maximum absolute atomic E-state index is 5.83. The Morgan fingerprint density at radius 1 is 1.25 bits per heavy atom. The van der Waals surface area contributed by atoms with Gasteiger partial charge in [-0.15, -0.1) is 0 Å². The highest BCUT2D eigenvalue weighted by atomic mass is 16.5. The van der Waals surface area contributed by atoms with Crippen molar-refractivity contribution in [1.82, 2.24) is 9.88 Å². The zero-order valence-corrected chi connectivity index (χ0v) is 13.7. The van der Waals surface area contributed by atoms with E-state index in [0.717, 1.165) is 31.0 Å². The lowest BCUT2D eigenvalue weighted by molar-refractivity contribution is 0.127. The second-order valence-electron chi connectivity index (χ2n) is 3.96. The van der Waals surface area contributed by atoms with Gasteiger partial charge in [-0.3, -0.25) is 0 Å². The average molecular weight is 279 g/mol. The van der Waals surface area contributed by atoms with Gasteiger partial charge < -0.3 is 15.4 Å². The van der Waals surface area contributed by atoms with Crippen LogP contribution in [0.3, 0.4) is 0 Å². The molecule has 20 heavy (non-hydrogen) atoms. The van der Waals surface area contributed by atoms with E-state index in [2.05, 4.69) is 16.8 Å².